The molecule has 2 aromatic rings. The van der Waals surface area contributed by atoms with E-state index in [4.69, 9.17) is 5.11 Å². The van der Waals surface area contributed by atoms with Crippen LogP contribution in [0.1, 0.15) is 22.6 Å². The van der Waals surface area contributed by atoms with E-state index in [9.17, 15) is 9.59 Å². The zero-order chi connectivity index (χ0) is 16.1. The molecule has 2 rings (SSSR count). The molecule has 9 heteroatoms. The van der Waals surface area contributed by atoms with Crippen LogP contribution in [0, 0.1) is 6.92 Å². The Morgan fingerprint density at radius 2 is 2.23 bits per heavy atom. The number of nitrogens with zero attached hydrogens (tertiary/aromatic N) is 4. The molecule has 1 amide bonds. The molecule has 0 atom stereocenters. The highest BCUT2D eigenvalue weighted by molar-refractivity contribution is 9.10. The topological polar surface area (TPSA) is 102 Å². The second kappa shape index (κ2) is 7.21. The third-order valence-electron chi connectivity index (χ3n) is 3.00. The summed E-state index contributed by atoms with van der Waals surface area (Å²) in [4.78, 5) is 22.7. The van der Waals surface area contributed by atoms with Crippen molar-refractivity contribution >= 4 is 27.8 Å². The van der Waals surface area contributed by atoms with Gasteiger partial charge in [0.15, 0.2) is 0 Å². The van der Waals surface area contributed by atoms with E-state index in [1.54, 1.807) is 0 Å². The summed E-state index contributed by atoms with van der Waals surface area (Å²) >= 11 is 3.39. The van der Waals surface area contributed by atoms with E-state index >= 15 is 0 Å². The fourth-order valence-corrected chi connectivity index (χ4v) is 2.22. The van der Waals surface area contributed by atoms with Crippen LogP contribution in [0.5, 0.6) is 0 Å². The number of amides is 1. The molecule has 8 nitrogen and oxygen atoms in total. The van der Waals surface area contributed by atoms with E-state index in [-0.39, 0.29) is 18.1 Å². The van der Waals surface area contributed by atoms with Crippen molar-refractivity contribution in [3.63, 3.8) is 0 Å². The van der Waals surface area contributed by atoms with E-state index < -0.39 is 5.97 Å². The summed E-state index contributed by atoms with van der Waals surface area (Å²) in [5.41, 5.74) is 0.913. The molecular formula is C13H16BrN5O3. The molecule has 2 N–H and O–H groups in total. The molecule has 0 saturated heterocycles. The standard InChI is InChI=1S/C13H16BrN5O3/c1-9-10(14)7-18(17-9)6-2-4-15-12(20)8-19-11(13(21)22)3-5-16-19/h3,5,7H,2,4,6,8H2,1H3,(H,15,20)(H,21,22). The largest absolute Gasteiger partial charge is 0.477 e. The molecule has 22 heavy (non-hydrogen) atoms. The number of carbonyl (C=O) groups is 2. The number of aromatic carboxylic acids is 1. The second-order valence-corrected chi connectivity index (χ2v) is 5.56. The lowest BCUT2D eigenvalue weighted by molar-refractivity contribution is -0.121. The maximum atomic E-state index is 11.8. The number of carboxylic acid groups (broad SMARTS) is 1. The number of aromatic nitrogens is 4. The van der Waals surface area contributed by atoms with Gasteiger partial charge in [0, 0.05) is 25.5 Å². The summed E-state index contributed by atoms with van der Waals surface area (Å²) in [6, 6.07) is 1.35. The number of nitrogens with one attached hydrogen (secondary N) is 1. The molecular weight excluding hydrogens is 354 g/mol. The fraction of sp³-hybridized carbons (Fsp3) is 0.385. The van der Waals surface area contributed by atoms with Gasteiger partial charge in [0.1, 0.15) is 12.2 Å². The van der Waals surface area contributed by atoms with Crippen molar-refractivity contribution in [2.24, 2.45) is 0 Å². The van der Waals surface area contributed by atoms with Gasteiger partial charge in [-0.15, -0.1) is 0 Å². The summed E-state index contributed by atoms with van der Waals surface area (Å²) in [6.07, 6.45) is 3.97. The van der Waals surface area contributed by atoms with Crippen LogP contribution in [0.25, 0.3) is 0 Å². The van der Waals surface area contributed by atoms with Gasteiger partial charge in [-0.2, -0.15) is 10.2 Å². The van der Waals surface area contributed by atoms with Crippen LogP contribution in [-0.4, -0.2) is 43.1 Å². The Balaban J connectivity index is 1.74. The molecule has 0 bridgehead atoms. The Hall–Kier alpha value is -2.16. The minimum Gasteiger partial charge on any atom is -0.477 e. The summed E-state index contributed by atoms with van der Waals surface area (Å²) in [6.45, 7) is 2.97. The van der Waals surface area contributed by atoms with Crippen LogP contribution in [0.15, 0.2) is 22.9 Å². The van der Waals surface area contributed by atoms with E-state index in [2.05, 4.69) is 31.4 Å². The first-order valence-corrected chi connectivity index (χ1v) is 7.48. The lowest BCUT2D eigenvalue weighted by atomic mass is 10.4. The molecule has 0 saturated carbocycles. The Morgan fingerprint density at radius 1 is 1.45 bits per heavy atom. The van der Waals surface area contributed by atoms with Crippen molar-refractivity contribution < 1.29 is 14.7 Å². The minimum absolute atomic E-state index is 0.00739. The molecule has 0 aliphatic carbocycles. The quantitative estimate of drug-likeness (QED) is 0.710. The molecule has 2 aromatic heterocycles. The molecule has 118 valence electrons. The highest BCUT2D eigenvalue weighted by atomic mass is 79.9. The number of aryl methyl sites for hydroxylation is 2. The molecule has 0 spiro atoms. The molecule has 2 heterocycles. The van der Waals surface area contributed by atoms with E-state index in [0.717, 1.165) is 21.3 Å². The van der Waals surface area contributed by atoms with Gasteiger partial charge in [0.05, 0.1) is 10.2 Å². The zero-order valence-corrected chi connectivity index (χ0v) is 13.6. The third kappa shape index (κ3) is 4.17. The van der Waals surface area contributed by atoms with Crippen molar-refractivity contribution in [3.8, 4) is 0 Å². The number of hydrogen-bond acceptors (Lipinski definition) is 4. The van der Waals surface area contributed by atoms with Gasteiger partial charge < -0.3 is 10.4 Å². The SMILES string of the molecule is Cc1nn(CCCNC(=O)Cn2nccc2C(=O)O)cc1Br. The van der Waals surface area contributed by atoms with Gasteiger partial charge in [-0.25, -0.2) is 9.48 Å². The van der Waals surface area contributed by atoms with Gasteiger partial charge in [0.25, 0.3) is 0 Å². The lowest BCUT2D eigenvalue weighted by Gasteiger charge is -2.07. The smallest absolute Gasteiger partial charge is 0.354 e. The maximum Gasteiger partial charge on any atom is 0.354 e. The first kappa shape index (κ1) is 16.2. The van der Waals surface area contributed by atoms with Crippen molar-refractivity contribution in [3.05, 3.63) is 34.3 Å². The zero-order valence-electron chi connectivity index (χ0n) is 12.0. The fourth-order valence-electron chi connectivity index (χ4n) is 1.91. The van der Waals surface area contributed by atoms with E-state index in [1.165, 1.54) is 12.3 Å². The van der Waals surface area contributed by atoms with E-state index in [0.29, 0.717) is 13.1 Å². The molecule has 0 unspecified atom stereocenters. The van der Waals surface area contributed by atoms with Crippen LogP contribution >= 0.6 is 15.9 Å². The molecule has 0 radical (unpaired) electrons. The maximum absolute atomic E-state index is 11.8. The van der Waals surface area contributed by atoms with Crippen molar-refractivity contribution in [1.29, 1.82) is 0 Å². The predicted molar refractivity (Wildman–Crippen MR) is 81.5 cm³/mol. The van der Waals surface area contributed by atoms with Gasteiger partial charge in [-0.05, 0) is 35.3 Å². The summed E-state index contributed by atoms with van der Waals surface area (Å²) < 4.78 is 3.92. The summed E-state index contributed by atoms with van der Waals surface area (Å²) in [5, 5.41) is 19.8. The van der Waals surface area contributed by atoms with Gasteiger partial charge >= 0.3 is 5.97 Å². The molecule has 0 aromatic carbocycles. The van der Waals surface area contributed by atoms with E-state index in [1.807, 2.05) is 17.8 Å². The lowest BCUT2D eigenvalue weighted by Crippen LogP contribution is -2.30. The van der Waals surface area contributed by atoms with Crippen molar-refractivity contribution in [1.82, 2.24) is 24.9 Å². The minimum atomic E-state index is -1.11. The summed E-state index contributed by atoms with van der Waals surface area (Å²) in [7, 11) is 0. The number of carbonyl (C=O) groups excluding carboxylic acids is 1. The summed E-state index contributed by atoms with van der Waals surface area (Å²) in [5.74, 6) is -1.38. The number of hydrogen-bond donors (Lipinski definition) is 2. The first-order chi connectivity index (χ1) is 10.5. The monoisotopic (exact) mass is 369 g/mol. The number of halogens is 1. The third-order valence-corrected chi connectivity index (χ3v) is 3.78. The number of rotatable bonds is 7. The molecule has 0 fully saturated rings. The Bertz CT molecular complexity index is 660. The van der Waals surface area contributed by atoms with Crippen LogP contribution in [0.4, 0.5) is 0 Å². The van der Waals surface area contributed by atoms with Crippen LogP contribution in [-0.2, 0) is 17.9 Å². The second-order valence-electron chi connectivity index (χ2n) is 4.71. The average Bonchev–Trinajstić information content (AvgIpc) is 3.02. The van der Waals surface area contributed by atoms with Gasteiger partial charge in [-0.1, -0.05) is 0 Å². The average molecular weight is 370 g/mol. The number of carboxylic acids is 1. The van der Waals surface area contributed by atoms with Gasteiger partial charge in [-0.3, -0.25) is 9.48 Å². The van der Waals surface area contributed by atoms with Crippen LogP contribution in [0.3, 0.4) is 0 Å². The van der Waals surface area contributed by atoms with Crippen LogP contribution in [0.2, 0.25) is 0 Å². The first-order valence-electron chi connectivity index (χ1n) is 6.68. The van der Waals surface area contributed by atoms with Crippen molar-refractivity contribution in [2.75, 3.05) is 6.54 Å². The molecule has 0 aliphatic rings. The van der Waals surface area contributed by atoms with Crippen LogP contribution < -0.4 is 5.32 Å². The van der Waals surface area contributed by atoms with Crippen molar-refractivity contribution in [2.45, 2.75) is 26.4 Å². The highest BCUT2D eigenvalue weighted by Gasteiger charge is 2.12. The Kier molecular flexibility index (Phi) is 5.31. The highest BCUT2D eigenvalue weighted by Crippen LogP contribution is 2.13. The Labute approximate surface area is 135 Å². The normalized spacial score (nSPS) is 10.6. The molecule has 0 aliphatic heterocycles. The Morgan fingerprint density at radius 3 is 2.86 bits per heavy atom. The predicted octanol–water partition coefficient (Wildman–Crippen LogP) is 1.06. The van der Waals surface area contributed by atoms with Gasteiger partial charge in [0.2, 0.25) is 5.91 Å².